The summed E-state index contributed by atoms with van der Waals surface area (Å²) in [6.07, 6.45) is 6.64. The van der Waals surface area contributed by atoms with Crippen molar-refractivity contribution in [2.45, 2.75) is 70.0 Å². The molecule has 2 fully saturated rings. The molecule has 1 aliphatic heterocycles. The van der Waals surface area contributed by atoms with Crippen molar-refractivity contribution in [3.8, 4) is 0 Å². The summed E-state index contributed by atoms with van der Waals surface area (Å²) in [5.74, 6) is 0. The van der Waals surface area contributed by atoms with Crippen LogP contribution in [0.2, 0.25) is 0 Å². The van der Waals surface area contributed by atoms with Gasteiger partial charge in [-0.25, -0.2) is 0 Å². The highest BCUT2D eigenvalue weighted by molar-refractivity contribution is 7.87. The van der Waals surface area contributed by atoms with Gasteiger partial charge in [0, 0.05) is 24.7 Å². The first-order valence-electron chi connectivity index (χ1n) is 7.04. The smallest absolute Gasteiger partial charge is 0.279 e. The molecule has 1 atom stereocenters. The van der Waals surface area contributed by atoms with Gasteiger partial charge in [0.15, 0.2) is 0 Å². The van der Waals surface area contributed by atoms with E-state index in [0.29, 0.717) is 6.54 Å². The maximum atomic E-state index is 12.3. The topological polar surface area (TPSA) is 75.4 Å². The Morgan fingerprint density at radius 1 is 1.11 bits per heavy atom. The summed E-state index contributed by atoms with van der Waals surface area (Å²) in [7, 11) is -3.31. The monoisotopic (exact) mass is 275 g/mol. The van der Waals surface area contributed by atoms with E-state index in [1.807, 2.05) is 6.92 Å². The van der Waals surface area contributed by atoms with Gasteiger partial charge in [-0.2, -0.15) is 17.4 Å². The van der Waals surface area contributed by atoms with Gasteiger partial charge in [-0.3, -0.25) is 0 Å². The van der Waals surface area contributed by atoms with Crippen LogP contribution in [-0.2, 0) is 10.2 Å². The van der Waals surface area contributed by atoms with Crippen molar-refractivity contribution in [3.05, 3.63) is 0 Å². The Balaban J connectivity index is 1.94. The Morgan fingerprint density at radius 3 is 2.39 bits per heavy atom. The summed E-state index contributed by atoms with van der Waals surface area (Å²) in [5, 5.41) is 0. The number of nitrogens with one attached hydrogen (secondary N) is 1. The SMILES string of the molecule is CC1CCCCN1S(=O)(=O)NC1CCC(N)CC1. The van der Waals surface area contributed by atoms with E-state index in [0.717, 1.165) is 44.9 Å². The molecule has 1 heterocycles. The molecule has 1 saturated heterocycles. The molecule has 2 aliphatic rings. The predicted octanol–water partition coefficient (Wildman–Crippen LogP) is 0.965. The van der Waals surface area contributed by atoms with E-state index in [1.165, 1.54) is 0 Å². The first-order chi connectivity index (χ1) is 8.49. The maximum absolute atomic E-state index is 12.3. The lowest BCUT2D eigenvalue weighted by molar-refractivity contribution is 0.260. The molecule has 3 N–H and O–H groups in total. The zero-order valence-corrected chi connectivity index (χ0v) is 12.0. The second-order valence-electron chi connectivity index (χ2n) is 5.69. The van der Waals surface area contributed by atoms with Crippen LogP contribution in [0.5, 0.6) is 0 Å². The number of nitrogens with two attached hydrogens (primary N) is 1. The normalized spacial score (nSPS) is 35.6. The Morgan fingerprint density at radius 2 is 1.78 bits per heavy atom. The number of nitrogens with zero attached hydrogens (tertiary/aromatic N) is 1. The summed E-state index contributed by atoms with van der Waals surface area (Å²) in [4.78, 5) is 0. The van der Waals surface area contributed by atoms with E-state index < -0.39 is 10.2 Å². The van der Waals surface area contributed by atoms with Gasteiger partial charge in [-0.15, -0.1) is 0 Å². The lowest BCUT2D eigenvalue weighted by Crippen LogP contribution is -2.51. The summed E-state index contributed by atoms with van der Waals surface area (Å²) in [6.45, 7) is 2.65. The average Bonchev–Trinajstić information content (AvgIpc) is 2.32. The Kier molecular flexibility index (Phi) is 4.64. The second kappa shape index (κ2) is 5.86. The molecule has 5 nitrogen and oxygen atoms in total. The van der Waals surface area contributed by atoms with Gasteiger partial charge in [0.05, 0.1) is 0 Å². The third kappa shape index (κ3) is 3.44. The van der Waals surface area contributed by atoms with Crippen molar-refractivity contribution in [3.63, 3.8) is 0 Å². The van der Waals surface area contributed by atoms with Crippen LogP contribution in [0.3, 0.4) is 0 Å². The average molecular weight is 275 g/mol. The molecule has 0 aromatic rings. The van der Waals surface area contributed by atoms with Crippen molar-refractivity contribution < 1.29 is 8.42 Å². The van der Waals surface area contributed by atoms with Crippen LogP contribution in [0.25, 0.3) is 0 Å². The van der Waals surface area contributed by atoms with Crippen LogP contribution < -0.4 is 10.5 Å². The molecule has 1 saturated carbocycles. The molecule has 0 aromatic carbocycles. The Hall–Kier alpha value is -0.170. The highest BCUT2D eigenvalue weighted by atomic mass is 32.2. The minimum atomic E-state index is -3.31. The number of hydrogen-bond donors (Lipinski definition) is 2. The van der Waals surface area contributed by atoms with Gasteiger partial charge in [0.1, 0.15) is 0 Å². The van der Waals surface area contributed by atoms with Gasteiger partial charge in [0.25, 0.3) is 10.2 Å². The highest BCUT2D eigenvalue weighted by Gasteiger charge is 2.32. The zero-order valence-electron chi connectivity index (χ0n) is 11.1. The fourth-order valence-corrected chi connectivity index (χ4v) is 4.69. The Bertz CT molecular complexity index is 364. The highest BCUT2D eigenvalue weighted by Crippen LogP contribution is 2.22. The quantitative estimate of drug-likeness (QED) is 0.805. The molecule has 0 aromatic heterocycles. The van der Waals surface area contributed by atoms with E-state index in [2.05, 4.69) is 4.72 Å². The molecule has 6 heteroatoms. The molecule has 18 heavy (non-hydrogen) atoms. The summed E-state index contributed by atoms with van der Waals surface area (Å²) < 4.78 is 29.1. The van der Waals surface area contributed by atoms with E-state index in [4.69, 9.17) is 5.73 Å². The minimum absolute atomic E-state index is 0.0731. The molecular weight excluding hydrogens is 250 g/mol. The summed E-state index contributed by atoms with van der Waals surface area (Å²) in [6, 6.07) is 0.450. The van der Waals surface area contributed by atoms with Gasteiger partial charge >= 0.3 is 0 Å². The summed E-state index contributed by atoms with van der Waals surface area (Å²) >= 11 is 0. The zero-order chi connectivity index (χ0) is 13.2. The molecule has 2 rings (SSSR count). The first kappa shape index (κ1) is 14.2. The van der Waals surface area contributed by atoms with Crippen molar-refractivity contribution in [1.29, 1.82) is 0 Å². The fourth-order valence-electron chi connectivity index (χ4n) is 2.94. The van der Waals surface area contributed by atoms with Crippen LogP contribution in [0.4, 0.5) is 0 Å². The van der Waals surface area contributed by atoms with Crippen LogP contribution >= 0.6 is 0 Å². The molecule has 1 unspecified atom stereocenters. The third-order valence-corrected chi connectivity index (χ3v) is 5.93. The van der Waals surface area contributed by atoms with Crippen LogP contribution in [0.1, 0.15) is 51.9 Å². The predicted molar refractivity (Wildman–Crippen MR) is 72.3 cm³/mol. The molecule has 0 amide bonds. The third-order valence-electron chi connectivity index (χ3n) is 4.14. The van der Waals surface area contributed by atoms with E-state index >= 15 is 0 Å². The molecular formula is C12H25N3O2S. The standard InChI is InChI=1S/C12H25N3O2S/c1-10-4-2-3-9-15(10)18(16,17)14-12-7-5-11(13)6-8-12/h10-12,14H,2-9,13H2,1H3. The lowest BCUT2D eigenvalue weighted by Gasteiger charge is -2.35. The molecule has 0 bridgehead atoms. The minimum Gasteiger partial charge on any atom is -0.328 e. The largest absolute Gasteiger partial charge is 0.328 e. The van der Waals surface area contributed by atoms with Crippen molar-refractivity contribution in [2.75, 3.05) is 6.54 Å². The van der Waals surface area contributed by atoms with Crippen molar-refractivity contribution in [2.24, 2.45) is 5.73 Å². The second-order valence-corrected chi connectivity index (χ2v) is 7.34. The summed E-state index contributed by atoms with van der Waals surface area (Å²) in [5.41, 5.74) is 5.84. The van der Waals surface area contributed by atoms with Crippen LogP contribution in [-0.4, -0.2) is 37.4 Å². The number of rotatable bonds is 3. The van der Waals surface area contributed by atoms with Crippen LogP contribution in [0, 0.1) is 0 Å². The molecule has 106 valence electrons. The van der Waals surface area contributed by atoms with E-state index in [-0.39, 0.29) is 18.1 Å². The molecule has 0 radical (unpaired) electrons. The van der Waals surface area contributed by atoms with Crippen LogP contribution in [0.15, 0.2) is 0 Å². The van der Waals surface area contributed by atoms with Gasteiger partial charge in [-0.1, -0.05) is 6.42 Å². The van der Waals surface area contributed by atoms with Gasteiger partial charge in [-0.05, 0) is 45.4 Å². The van der Waals surface area contributed by atoms with Crippen molar-refractivity contribution in [1.82, 2.24) is 9.03 Å². The van der Waals surface area contributed by atoms with E-state index in [9.17, 15) is 8.42 Å². The lowest BCUT2D eigenvalue weighted by atomic mass is 9.93. The fraction of sp³-hybridized carbons (Fsp3) is 1.00. The number of piperidine rings is 1. The van der Waals surface area contributed by atoms with E-state index in [1.54, 1.807) is 4.31 Å². The first-order valence-corrected chi connectivity index (χ1v) is 8.48. The molecule has 0 spiro atoms. The van der Waals surface area contributed by atoms with Crippen molar-refractivity contribution >= 4 is 10.2 Å². The maximum Gasteiger partial charge on any atom is 0.279 e. The number of hydrogen-bond acceptors (Lipinski definition) is 3. The Labute approximate surface area is 110 Å². The molecule has 1 aliphatic carbocycles. The van der Waals surface area contributed by atoms with Gasteiger partial charge in [0.2, 0.25) is 0 Å². The van der Waals surface area contributed by atoms with Gasteiger partial charge < -0.3 is 5.73 Å².